The maximum atomic E-state index is 13.2. The van der Waals surface area contributed by atoms with E-state index in [0.717, 1.165) is 34.9 Å². The van der Waals surface area contributed by atoms with Gasteiger partial charge in [0.2, 0.25) is 10.0 Å². The zero-order valence-electron chi connectivity index (χ0n) is 20.9. The summed E-state index contributed by atoms with van der Waals surface area (Å²) < 4.78 is 33.9. The van der Waals surface area contributed by atoms with Crippen LogP contribution in [0.1, 0.15) is 43.0 Å². The number of nitrogen functional groups attached to an aromatic ring is 1. The van der Waals surface area contributed by atoms with Crippen LogP contribution in [0.25, 0.3) is 10.8 Å². The molecule has 8 nitrogen and oxygen atoms in total. The number of sulfonamides is 1. The van der Waals surface area contributed by atoms with Gasteiger partial charge in [-0.1, -0.05) is 24.3 Å². The highest BCUT2D eigenvalue weighted by Crippen LogP contribution is 2.44. The molecule has 1 heterocycles. The van der Waals surface area contributed by atoms with E-state index in [-0.39, 0.29) is 17.6 Å². The van der Waals surface area contributed by atoms with Crippen LogP contribution in [0.15, 0.2) is 54.6 Å². The number of amidine groups is 2. The Bertz CT molecular complexity index is 1420. The van der Waals surface area contributed by atoms with Crippen molar-refractivity contribution in [1.82, 2.24) is 4.90 Å². The summed E-state index contributed by atoms with van der Waals surface area (Å²) in [5.74, 6) is 1.23. The molecule has 0 aliphatic carbocycles. The van der Waals surface area contributed by atoms with Crippen molar-refractivity contribution < 1.29 is 13.2 Å². The van der Waals surface area contributed by atoms with Crippen molar-refractivity contribution in [3.05, 3.63) is 71.3 Å². The molecule has 4 N–H and O–H groups in total. The third-order valence-corrected chi connectivity index (χ3v) is 8.47. The molecule has 0 radical (unpaired) electrons. The number of hydrogen-bond donors (Lipinski definition) is 3. The lowest BCUT2D eigenvalue weighted by molar-refractivity contribution is 0.294. The topological polar surface area (TPSA) is 124 Å². The van der Waals surface area contributed by atoms with Gasteiger partial charge in [0.05, 0.1) is 29.9 Å². The average Bonchev–Trinajstić information content (AvgIpc) is 3.25. The summed E-state index contributed by atoms with van der Waals surface area (Å²) in [5.41, 5.74) is 8.82. The molecular formula is C27H33N5O3S. The number of rotatable bonds is 9. The molecule has 0 aromatic heterocycles. The summed E-state index contributed by atoms with van der Waals surface area (Å²) in [7, 11) is -1.64. The van der Waals surface area contributed by atoms with E-state index in [9.17, 15) is 8.42 Å². The van der Waals surface area contributed by atoms with Gasteiger partial charge in [-0.2, -0.15) is 0 Å². The van der Waals surface area contributed by atoms with E-state index in [1.165, 1.54) is 0 Å². The van der Waals surface area contributed by atoms with Crippen molar-refractivity contribution in [2.45, 2.75) is 32.7 Å². The fourth-order valence-corrected chi connectivity index (χ4v) is 5.86. The Hall–Kier alpha value is -3.59. The first-order chi connectivity index (χ1) is 17.1. The predicted octanol–water partition coefficient (Wildman–Crippen LogP) is 4.28. The highest BCUT2D eigenvalue weighted by Gasteiger charge is 2.37. The summed E-state index contributed by atoms with van der Waals surface area (Å²) in [6.07, 6.45) is 1.32. The fourth-order valence-electron chi connectivity index (χ4n) is 4.52. The van der Waals surface area contributed by atoms with E-state index in [1.807, 2.05) is 66.5 Å². The number of hydrogen-bond acceptors (Lipinski definition) is 5. The molecule has 3 aromatic rings. The van der Waals surface area contributed by atoms with Crippen molar-refractivity contribution in [3.8, 4) is 5.75 Å². The Balaban J connectivity index is 1.62. The van der Waals surface area contributed by atoms with E-state index < -0.39 is 10.0 Å². The van der Waals surface area contributed by atoms with Gasteiger partial charge in [-0.25, -0.2) is 8.42 Å². The summed E-state index contributed by atoms with van der Waals surface area (Å²) in [4.78, 5) is 1.87. The Labute approximate surface area is 212 Å². The van der Waals surface area contributed by atoms with Gasteiger partial charge in [-0.3, -0.25) is 15.1 Å². The molecule has 0 amide bonds. The molecule has 0 fully saturated rings. The van der Waals surface area contributed by atoms with Crippen LogP contribution in [0.2, 0.25) is 0 Å². The van der Waals surface area contributed by atoms with Crippen LogP contribution in [0, 0.1) is 10.8 Å². The third kappa shape index (κ3) is 5.16. The number of nitrogens with zero attached hydrogens (tertiary/aromatic N) is 2. The number of anilines is 1. The van der Waals surface area contributed by atoms with Crippen LogP contribution in [0.4, 0.5) is 5.69 Å². The molecule has 0 saturated carbocycles. The molecule has 0 bridgehead atoms. The largest absolute Gasteiger partial charge is 0.494 e. The van der Waals surface area contributed by atoms with E-state index in [4.69, 9.17) is 21.3 Å². The van der Waals surface area contributed by atoms with Crippen molar-refractivity contribution in [3.63, 3.8) is 0 Å². The minimum atomic E-state index is -3.52. The highest BCUT2D eigenvalue weighted by atomic mass is 32.2. The minimum absolute atomic E-state index is 0.00195. The van der Waals surface area contributed by atoms with Crippen LogP contribution < -0.4 is 14.8 Å². The standard InChI is InChI=1S/C27H33N5O3S/c1-4-36(33,34)32-25-11-10-24(35-13-5-12-31(3)18(2)28)16-23(25)17-26(32)20-8-6-19-7-9-21(27(29)30)15-22(19)14-20/h6-11,14-16,26,28H,4-5,12-13,17H2,1-3H3,(H3,29,30). The average molecular weight is 508 g/mol. The van der Waals surface area contributed by atoms with Gasteiger partial charge in [-0.15, -0.1) is 0 Å². The molecule has 1 aliphatic heterocycles. The molecule has 4 rings (SSSR count). The normalized spacial score (nSPS) is 15.1. The lowest BCUT2D eigenvalue weighted by Gasteiger charge is -2.27. The highest BCUT2D eigenvalue weighted by molar-refractivity contribution is 7.92. The molecule has 0 saturated heterocycles. The molecule has 1 atom stereocenters. The Morgan fingerprint density at radius 2 is 1.86 bits per heavy atom. The summed E-state index contributed by atoms with van der Waals surface area (Å²) in [6.45, 7) is 4.66. The maximum absolute atomic E-state index is 13.2. The number of benzene rings is 3. The second-order valence-corrected chi connectivity index (χ2v) is 11.3. The van der Waals surface area contributed by atoms with Crippen LogP contribution >= 0.6 is 0 Å². The monoisotopic (exact) mass is 507 g/mol. The zero-order valence-corrected chi connectivity index (χ0v) is 21.7. The third-order valence-electron chi connectivity index (χ3n) is 6.69. The number of ether oxygens (including phenoxy) is 1. The summed E-state index contributed by atoms with van der Waals surface area (Å²) in [5, 5.41) is 17.3. The summed E-state index contributed by atoms with van der Waals surface area (Å²) >= 11 is 0. The Morgan fingerprint density at radius 1 is 1.11 bits per heavy atom. The molecule has 190 valence electrons. The first kappa shape index (κ1) is 25.5. The molecule has 1 aliphatic rings. The van der Waals surface area contributed by atoms with Crippen LogP contribution in [-0.4, -0.2) is 50.9 Å². The zero-order chi connectivity index (χ0) is 26.0. The number of nitrogens with one attached hydrogen (secondary N) is 2. The quantitative estimate of drug-likeness (QED) is 0.227. The van der Waals surface area contributed by atoms with Crippen LogP contribution in [0.3, 0.4) is 0 Å². The Kier molecular flexibility index (Phi) is 7.21. The van der Waals surface area contributed by atoms with E-state index in [2.05, 4.69) is 0 Å². The Morgan fingerprint density at radius 3 is 2.56 bits per heavy atom. The summed E-state index contributed by atoms with van der Waals surface area (Å²) in [6, 6.07) is 16.8. The van der Waals surface area contributed by atoms with Crippen molar-refractivity contribution in [2.24, 2.45) is 5.73 Å². The van der Waals surface area contributed by atoms with Gasteiger partial charge >= 0.3 is 0 Å². The van der Waals surface area contributed by atoms with Crippen molar-refractivity contribution >= 4 is 38.2 Å². The number of fused-ring (bicyclic) bond motifs is 2. The molecule has 9 heteroatoms. The minimum Gasteiger partial charge on any atom is -0.494 e. The lowest BCUT2D eigenvalue weighted by Crippen LogP contribution is -2.33. The van der Waals surface area contributed by atoms with Gasteiger partial charge in [0.25, 0.3) is 0 Å². The molecule has 1 unspecified atom stereocenters. The SMILES string of the molecule is CCS(=O)(=O)N1c2ccc(OCCCN(C)C(C)=N)cc2CC1c1ccc2ccc(C(=N)N)cc2c1. The smallest absolute Gasteiger partial charge is 0.235 e. The second kappa shape index (κ2) is 10.2. The van der Waals surface area contributed by atoms with E-state index in [0.29, 0.717) is 35.9 Å². The first-order valence-corrected chi connectivity index (χ1v) is 13.6. The van der Waals surface area contributed by atoms with Gasteiger partial charge < -0.3 is 15.4 Å². The maximum Gasteiger partial charge on any atom is 0.235 e. The van der Waals surface area contributed by atoms with Crippen molar-refractivity contribution in [1.29, 1.82) is 10.8 Å². The molecule has 3 aromatic carbocycles. The van der Waals surface area contributed by atoms with E-state index in [1.54, 1.807) is 18.2 Å². The molecule has 0 spiro atoms. The van der Waals surface area contributed by atoms with Crippen LogP contribution in [-0.2, 0) is 16.4 Å². The van der Waals surface area contributed by atoms with Gasteiger partial charge in [0.1, 0.15) is 11.6 Å². The van der Waals surface area contributed by atoms with E-state index >= 15 is 0 Å². The first-order valence-electron chi connectivity index (χ1n) is 12.0. The van der Waals surface area contributed by atoms with Gasteiger partial charge in [-0.05, 0) is 72.5 Å². The number of nitrogens with two attached hydrogens (primary N) is 1. The predicted molar refractivity (Wildman–Crippen MR) is 146 cm³/mol. The fraction of sp³-hybridized carbons (Fsp3) is 0.333. The van der Waals surface area contributed by atoms with Gasteiger partial charge in [0.15, 0.2) is 0 Å². The lowest BCUT2D eigenvalue weighted by atomic mass is 9.98. The van der Waals surface area contributed by atoms with Crippen molar-refractivity contribution in [2.75, 3.05) is 30.3 Å². The molecule has 36 heavy (non-hydrogen) atoms. The molecular weight excluding hydrogens is 474 g/mol. The van der Waals surface area contributed by atoms with Crippen LogP contribution in [0.5, 0.6) is 5.75 Å². The second-order valence-electron chi connectivity index (χ2n) is 9.15. The van der Waals surface area contributed by atoms with Gasteiger partial charge in [0, 0.05) is 25.6 Å².